The summed E-state index contributed by atoms with van der Waals surface area (Å²) in [4.78, 5) is 28.9. The summed E-state index contributed by atoms with van der Waals surface area (Å²) in [7, 11) is -2.87. The highest BCUT2D eigenvalue weighted by atomic mass is 35.5. The Labute approximate surface area is 257 Å². The van der Waals surface area contributed by atoms with Gasteiger partial charge in [-0.1, -0.05) is 71.9 Å². The van der Waals surface area contributed by atoms with E-state index >= 15 is 0 Å². The molecule has 2 amide bonds. The summed E-state index contributed by atoms with van der Waals surface area (Å²) >= 11 is 12.7. The first-order valence-corrected chi connectivity index (χ1v) is 16.0. The van der Waals surface area contributed by atoms with E-state index in [2.05, 4.69) is 5.32 Å². The van der Waals surface area contributed by atoms with E-state index in [-0.39, 0.29) is 39.8 Å². The highest BCUT2D eigenvalue weighted by molar-refractivity contribution is 7.92. The molecule has 4 rings (SSSR count). The Kier molecular flexibility index (Phi) is 10.4. The molecule has 0 heterocycles. The number of methoxy groups -OCH3 is 1. The fraction of sp³-hybridized carbons (Fsp3) is 0.355. The second kappa shape index (κ2) is 13.8. The maximum absolute atomic E-state index is 14.2. The highest BCUT2D eigenvalue weighted by Crippen LogP contribution is 2.35. The number of aryl methyl sites for hydroxylation is 1. The summed E-state index contributed by atoms with van der Waals surface area (Å²) in [5.74, 6) is -0.690. The van der Waals surface area contributed by atoms with Gasteiger partial charge in [-0.2, -0.15) is 0 Å². The summed E-state index contributed by atoms with van der Waals surface area (Å²) in [6.07, 6.45) is 3.84. The van der Waals surface area contributed by atoms with Crippen LogP contribution >= 0.6 is 23.2 Å². The number of benzene rings is 3. The van der Waals surface area contributed by atoms with Gasteiger partial charge in [0.25, 0.3) is 10.0 Å². The Morgan fingerprint density at radius 3 is 2.33 bits per heavy atom. The third-order valence-electron chi connectivity index (χ3n) is 7.46. The first-order chi connectivity index (χ1) is 20.0. The number of hydrogen-bond acceptors (Lipinski definition) is 5. The average Bonchev–Trinajstić information content (AvgIpc) is 3.48. The zero-order chi connectivity index (χ0) is 30.4. The molecule has 0 bridgehead atoms. The summed E-state index contributed by atoms with van der Waals surface area (Å²) in [5, 5.41) is 3.74. The van der Waals surface area contributed by atoms with Crippen molar-refractivity contribution in [3.8, 4) is 5.75 Å². The number of nitrogens with zero attached hydrogens (tertiary/aromatic N) is 2. The lowest BCUT2D eigenvalue weighted by Gasteiger charge is -2.33. The van der Waals surface area contributed by atoms with E-state index in [1.807, 2.05) is 6.92 Å². The van der Waals surface area contributed by atoms with Crippen LogP contribution in [-0.4, -0.2) is 50.9 Å². The van der Waals surface area contributed by atoms with E-state index in [0.29, 0.717) is 10.6 Å². The van der Waals surface area contributed by atoms with Crippen LogP contribution in [0.2, 0.25) is 10.0 Å². The minimum absolute atomic E-state index is 0.00284. The molecule has 0 aromatic heterocycles. The van der Waals surface area contributed by atoms with Gasteiger partial charge in [-0.15, -0.1) is 0 Å². The number of nitrogens with one attached hydrogen (secondary N) is 1. The fourth-order valence-corrected chi connectivity index (χ4v) is 6.77. The zero-order valence-corrected chi connectivity index (χ0v) is 26.2. The number of amides is 2. The number of rotatable bonds is 11. The predicted molar refractivity (Wildman–Crippen MR) is 166 cm³/mol. The minimum Gasteiger partial charge on any atom is -0.495 e. The smallest absolute Gasteiger partial charge is 0.264 e. The lowest BCUT2D eigenvalue weighted by molar-refractivity contribution is -0.139. The molecule has 0 spiro atoms. The maximum Gasteiger partial charge on any atom is 0.264 e. The molecule has 1 aliphatic carbocycles. The van der Waals surface area contributed by atoms with Crippen LogP contribution in [0.25, 0.3) is 0 Å². The number of anilines is 1. The molecule has 1 atom stereocenters. The number of ether oxygens (including phenoxy) is 1. The van der Waals surface area contributed by atoms with Crippen LogP contribution in [-0.2, 0) is 26.2 Å². The molecule has 42 heavy (non-hydrogen) atoms. The van der Waals surface area contributed by atoms with Gasteiger partial charge in [0, 0.05) is 22.6 Å². The molecule has 1 unspecified atom stereocenters. The number of carbonyl (C=O) groups is 2. The molecule has 1 N–H and O–H groups in total. The van der Waals surface area contributed by atoms with E-state index < -0.39 is 28.5 Å². The first-order valence-electron chi connectivity index (χ1n) is 13.8. The average molecular weight is 633 g/mol. The third kappa shape index (κ3) is 7.38. The molecule has 1 saturated carbocycles. The molecular formula is C31H35Cl2N3O5S. The number of hydrogen-bond donors (Lipinski definition) is 1. The molecule has 0 saturated heterocycles. The van der Waals surface area contributed by atoms with Crippen molar-refractivity contribution in [2.75, 3.05) is 18.0 Å². The monoisotopic (exact) mass is 631 g/mol. The van der Waals surface area contributed by atoms with E-state index in [4.69, 9.17) is 27.9 Å². The van der Waals surface area contributed by atoms with Crippen LogP contribution in [0.1, 0.15) is 43.7 Å². The van der Waals surface area contributed by atoms with Crippen LogP contribution in [0.5, 0.6) is 5.75 Å². The van der Waals surface area contributed by atoms with Crippen molar-refractivity contribution >= 4 is 50.7 Å². The van der Waals surface area contributed by atoms with Crippen LogP contribution < -0.4 is 14.4 Å². The van der Waals surface area contributed by atoms with Gasteiger partial charge < -0.3 is 15.0 Å². The molecule has 0 aliphatic heterocycles. The van der Waals surface area contributed by atoms with Gasteiger partial charge in [-0.25, -0.2) is 8.42 Å². The first kappa shape index (κ1) is 31.7. The second-order valence-corrected chi connectivity index (χ2v) is 13.1. The van der Waals surface area contributed by atoms with E-state index in [1.54, 1.807) is 55.5 Å². The Morgan fingerprint density at radius 1 is 1.02 bits per heavy atom. The maximum atomic E-state index is 14.2. The fourth-order valence-electron chi connectivity index (χ4n) is 4.99. The lowest BCUT2D eigenvalue weighted by atomic mass is 10.1. The molecule has 8 nitrogen and oxygen atoms in total. The van der Waals surface area contributed by atoms with Crippen molar-refractivity contribution < 1.29 is 22.7 Å². The van der Waals surface area contributed by atoms with E-state index in [0.717, 1.165) is 35.6 Å². The minimum atomic E-state index is -4.27. The Bertz CT molecular complexity index is 1530. The van der Waals surface area contributed by atoms with Crippen molar-refractivity contribution in [1.82, 2.24) is 10.2 Å². The second-order valence-electron chi connectivity index (χ2n) is 10.4. The van der Waals surface area contributed by atoms with Crippen molar-refractivity contribution in [1.29, 1.82) is 0 Å². The van der Waals surface area contributed by atoms with Gasteiger partial charge in [0.05, 0.1) is 17.7 Å². The van der Waals surface area contributed by atoms with Crippen LogP contribution in [0.4, 0.5) is 5.69 Å². The van der Waals surface area contributed by atoms with Gasteiger partial charge in [0.15, 0.2) is 0 Å². The summed E-state index contributed by atoms with van der Waals surface area (Å²) in [5.41, 5.74) is 1.60. The standard InChI is InChI=1S/C31H35Cl2N3O5S/c1-21-12-15-26(16-13-21)42(39,40)36(28-18-24(32)14-17-29(28)41-3)20-30(37)35(19-23-8-4-7-11-27(23)33)22(2)31(38)34-25-9-5-6-10-25/h4,7-8,11-18,22,25H,5-6,9-10,19-20H2,1-3H3,(H,34,38). The third-order valence-corrected chi connectivity index (χ3v) is 9.84. The summed E-state index contributed by atoms with van der Waals surface area (Å²) < 4.78 is 34.6. The Morgan fingerprint density at radius 2 is 1.69 bits per heavy atom. The van der Waals surface area contributed by atoms with Gasteiger partial charge in [0.1, 0.15) is 18.3 Å². The van der Waals surface area contributed by atoms with Crippen LogP contribution in [0.3, 0.4) is 0 Å². The van der Waals surface area contributed by atoms with Crippen molar-refractivity contribution in [3.63, 3.8) is 0 Å². The van der Waals surface area contributed by atoms with E-state index in [9.17, 15) is 18.0 Å². The predicted octanol–water partition coefficient (Wildman–Crippen LogP) is 5.98. The zero-order valence-electron chi connectivity index (χ0n) is 23.8. The largest absolute Gasteiger partial charge is 0.495 e. The molecule has 0 radical (unpaired) electrons. The van der Waals surface area contributed by atoms with Crippen molar-refractivity contribution in [2.45, 2.75) is 63.1 Å². The van der Waals surface area contributed by atoms with Gasteiger partial charge in [0.2, 0.25) is 11.8 Å². The Hall–Kier alpha value is -3.27. The summed E-state index contributed by atoms with van der Waals surface area (Å²) in [6.45, 7) is 2.88. The number of halogens is 2. The number of carbonyl (C=O) groups excluding carboxylic acids is 2. The molecule has 1 aliphatic rings. The van der Waals surface area contributed by atoms with Crippen molar-refractivity contribution in [2.24, 2.45) is 0 Å². The SMILES string of the molecule is COc1ccc(Cl)cc1N(CC(=O)N(Cc1ccccc1Cl)C(C)C(=O)NC1CCCC1)S(=O)(=O)c1ccc(C)cc1. The molecule has 3 aromatic rings. The summed E-state index contributed by atoms with van der Waals surface area (Å²) in [6, 6.07) is 17.1. The lowest BCUT2D eigenvalue weighted by Crippen LogP contribution is -2.52. The van der Waals surface area contributed by atoms with Gasteiger partial charge >= 0.3 is 0 Å². The molecule has 3 aromatic carbocycles. The normalized spacial score (nSPS) is 14.3. The topological polar surface area (TPSA) is 96.0 Å². The quantitative estimate of drug-likeness (QED) is 0.281. The molecule has 11 heteroatoms. The highest BCUT2D eigenvalue weighted by Gasteiger charge is 2.34. The van der Waals surface area contributed by atoms with Crippen molar-refractivity contribution in [3.05, 3.63) is 87.9 Å². The number of sulfonamides is 1. The Balaban J connectivity index is 1.75. The van der Waals surface area contributed by atoms with Gasteiger partial charge in [-0.05, 0) is 68.7 Å². The molecule has 1 fully saturated rings. The van der Waals surface area contributed by atoms with Gasteiger partial charge in [-0.3, -0.25) is 13.9 Å². The van der Waals surface area contributed by atoms with Crippen LogP contribution in [0, 0.1) is 6.92 Å². The molecule has 224 valence electrons. The molecular weight excluding hydrogens is 597 g/mol. The van der Waals surface area contributed by atoms with Crippen LogP contribution in [0.15, 0.2) is 71.6 Å². The van der Waals surface area contributed by atoms with E-state index in [1.165, 1.54) is 30.2 Å².